The number of nitrogens with one attached hydrogen (secondary N) is 2. The predicted molar refractivity (Wildman–Crippen MR) is 116 cm³/mol. The largest absolute Gasteiger partial charge is 0.493 e. The van der Waals surface area contributed by atoms with Crippen LogP contribution in [0, 0.1) is 0 Å². The van der Waals surface area contributed by atoms with Gasteiger partial charge in [0.05, 0.1) is 12.8 Å². The fourth-order valence-electron chi connectivity index (χ4n) is 2.38. The van der Waals surface area contributed by atoms with Crippen LogP contribution >= 0.6 is 24.8 Å². The highest BCUT2D eigenvalue weighted by Gasteiger charge is 2.15. The van der Waals surface area contributed by atoms with E-state index in [4.69, 9.17) is 9.47 Å². The molecule has 0 spiro atoms. The first-order valence-electron chi connectivity index (χ1n) is 8.59. The van der Waals surface area contributed by atoms with Crippen molar-refractivity contribution in [2.45, 2.75) is 39.4 Å². The highest BCUT2D eigenvalue weighted by atomic mass is 35.5. The number of pyridine rings is 1. The van der Waals surface area contributed by atoms with E-state index in [0.717, 1.165) is 11.3 Å². The molecule has 1 amide bonds. The summed E-state index contributed by atoms with van der Waals surface area (Å²) in [6.07, 6.45) is 1.78. The molecule has 0 fully saturated rings. The number of rotatable bonds is 8. The maximum absolute atomic E-state index is 11.9. The van der Waals surface area contributed by atoms with E-state index in [9.17, 15) is 4.79 Å². The van der Waals surface area contributed by atoms with Gasteiger partial charge in [-0.3, -0.25) is 9.78 Å². The first kappa shape index (κ1) is 26.0. The monoisotopic (exact) mass is 429 g/mol. The Balaban J connectivity index is 0.00000364. The lowest BCUT2D eigenvalue weighted by atomic mass is 10.1. The van der Waals surface area contributed by atoms with Gasteiger partial charge in [-0.1, -0.05) is 12.1 Å². The first-order valence-corrected chi connectivity index (χ1v) is 8.59. The van der Waals surface area contributed by atoms with Crippen LogP contribution in [-0.2, 0) is 17.9 Å². The van der Waals surface area contributed by atoms with Gasteiger partial charge in [0, 0.05) is 24.8 Å². The molecule has 2 aromatic rings. The third-order valence-electron chi connectivity index (χ3n) is 3.46. The number of benzene rings is 1. The van der Waals surface area contributed by atoms with Gasteiger partial charge in [-0.25, -0.2) is 0 Å². The van der Waals surface area contributed by atoms with E-state index in [-0.39, 0.29) is 42.9 Å². The zero-order valence-electron chi connectivity index (χ0n) is 16.7. The van der Waals surface area contributed by atoms with Gasteiger partial charge >= 0.3 is 0 Å². The van der Waals surface area contributed by atoms with Gasteiger partial charge < -0.3 is 20.1 Å². The van der Waals surface area contributed by atoms with Gasteiger partial charge in [0.1, 0.15) is 0 Å². The second-order valence-corrected chi connectivity index (χ2v) is 7.00. The van der Waals surface area contributed by atoms with E-state index in [1.807, 2.05) is 57.2 Å². The summed E-state index contributed by atoms with van der Waals surface area (Å²) in [6.45, 7) is 7.10. The molecule has 0 atom stereocenters. The van der Waals surface area contributed by atoms with E-state index in [0.29, 0.717) is 24.6 Å². The number of carbonyl (C=O) groups is 1. The molecule has 0 saturated heterocycles. The molecule has 8 heteroatoms. The van der Waals surface area contributed by atoms with Crippen LogP contribution in [0.5, 0.6) is 11.5 Å². The molecule has 1 aromatic heterocycles. The second kappa shape index (κ2) is 12.4. The minimum absolute atomic E-state index is 0. The zero-order valence-corrected chi connectivity index (χ0v) is 18.3. The first-order chi connectivity index (χ1) is 12.4. The maximum atomic E-state index is 11.9. The summed E-state index contributed by atoms with van der Waals surface area (Å²) in [4.78, 5) is 16.2. The SMILES string of the molecule is COc1cc(CNCc2ccccn2)ccc1OCC(=O)NC(C)(C)C.Cl.Cl. The standard InChI is InChI=1S/C20H27N3O3.2ClH/c1-20(2,3)23-19(24)14-26-17-9-8-15(11-18(17)25-4)12-21-13-16-7-5-6-10-22-16;;/h5-11,21H,12-14H2,1-4H3,(H,23,24);2*1H. The molecule has 28 heavy (non-hydrogen) atoms. The van der Waals surface area contributed by atoms with Crippen LogP contribution in [0.3, 0.4) is 0 Å². The summed E-state index contributed by atoms with van der Waals surface area (Å²) < 4.78 is 11.0. The zero-order chi connectivity index (χ0) is 19.0. The van der Waals surface area contributed by atoms with Gasteiger partial charge in [-0.15, -0.1) is 24.8 Å². The molecule has 2 rings (SSSR count). The number of ether oxygens (including phenoxy) is 2. The Bertz CT molecular complexity index is 722. The summed E-state index contributed by atoms with van der Waals surface area (Å²) in [5.74, 6) is 0.983. The molecule has 0 bridgehead atoms. The molecule has 1 aromatic carbocycles. The van der Waals surface area contributed by atoms with Crippen molar-refractivity contribution in [1.82, 2.24) is 15.6 Å². The van der Waals surface area contributed by atoms with Crippen molar-refractivity contribution in [1.29, 1.82) is 0 Å². The number of nitrogens with zero attached hydrogens (tertiary/aromatic N) is 1. The van der Waals surface area contributed by atoms with Gasteiger partial charge in [0.15, 0.2) is 18.1 Å². The van der Waals surface area contributed by atoms with Crippen LogP contribution in [0.25, 0.3) is 0 Å². The summed E-state index contributed by atoms with van der Waals surface area (Å²) in [5, 5.41) is 6.20. The summed E-state index contributed by atoms with van der Waals surface area (Å²) in [6, 6.07) is 11.5. The normalized spacial score (nSPS) is 10.3. The molecule has 156 valence electrons. The van der Waals surface area contributed by atoms with Crippen LogP contribution in [0.15, 0.2) is 42.6 Å². The molecule has 0 aliphatic heterocycles. The Morgan fingerprint density at radius 3 is 2.43 bits per heavy atom. The quantitative estimate of drug-likeness (QED) is 0.671. The fourth-order valence-corrected chi connectivity index (χ4v) is 2.38. The molecule has 6 nitrogen and oxygen atoms in total. The van der Waals surface area contributed by atoms with Crippen LogP contribution in [-0.4, -0.2) is 30.1 Å². The lowest BCUT2D eigenvalue weighted by Crippen LogP contribution is -2.43. The maximum Gasteiger partial charge on any atom is 0.258 e. The number of methoxy groups -OCH3 is 1. The third kappa shape index (κ3) is 9.26. The lowest BCUT2D eigenvalue weighted by Gasteiger charge is -2.20. The summed E-state index contributed by atoms with van der Waals surface area (Å²) in [5.41, 5.74) is 1.77. The van der Waals surface area contributed by atoms with Crippen molar-refractivity contribution < 1.29 is 14.3 Å². The molecule has 0 unspecified atom stereocenters. The van der Waals surface area contributed by atoms with Crippen LogP contribution in [0.4, 0.5) is 0 Å². The lowest BCUT2D eigenvalue weighted by molar-refractivity contribution is -0.124. The van der Waals surface area contributed by atoms with Crippen LogP contribution in [0.1, 0.15) is 32.0 Å². The van der Waals surface area contributed by atoms with E-state index in [1.165, 1.54) is 0 Å². The fraction of sp³-hybridized carbons (Fsp3) is 0.400. The Hall–Kier alpha value is -2.02. The minimum Gasteiger partial charge on any atom is -0.493 e. The number of hydrogen-bond acceptors (Lipinski definition) is 5. The molecular weight excluding hydrogens is 401 g/mol. The van der Waals surface area contributed by atoms with Crippen LogP contribution < -0.4 is 20.1 Å². The topological polar surface area (TPSA) is 72.5 Å². The van der Waals surface area contributed by atoms with Gasteiger partial charge in [0.25, 0.3) is 5.91 Å². The Morgan fingerprint density at radius 2 is 1.82 bits per heavy atom. The Morgan fingerprint density at radius 1 is 1.07 bits per heavy atom. The van der Waals surface area contributed by atoms with E-state index in [2.05, 4.69) is 15.6 Å². The van der Waals surface area contributed by atoms with Crippen molar-refractivity contribution >= 4 is 30.7 Å². The Kier molecular flexibility index (Phi) is 11.5. The van der Waals surface area contributed by atoms with E-state index >= 15 is 0 Å². The van der Waals surface area contributed by atoms with Crippen molar-refractivity contribution in [3.05, 3.63) is 53.9 Å². The third-order valence-corrected chi connectivity index (χ3v) is 3.46. The molecule has 0 aliphatic rings. The van der Waals surface area contributed by atoms with Crippen molar-refractivity contribution in [3.8, 4) is 11.5 Å². The summed E-state index contributed by atoms with van der Waals surface area (Å²) in [7, 11) is 1.59. The second-order valence-electron chi connectivity index (χ2n) is 7.00. The molecule has 2 N–H and O–H groups in total. The molecular formula is C20H29Cl2N3O3. The van der Waals surface area contributed by atoms with E-state index < -0.39 is 0 Å². The average Bonchev–Trinajstić information content (AvgIpc) is 2.60. The number of aromatic nitrogens is 1. The van der Waals surface area contributed by atoms with Crippen molar-refractivity contribution in [3.63, 3.8) is 0 Å². The van der Waals surface area contributed by atoms with Crippen molar-refractivity contribution in [2.24, 2.45) is 0 Å². The van der Waals surface area contributed by atoms with E-state index in [1.54, 1.807) is 13.3 Å². The van der Waals surface area contributed by atoms with Gasteiger partial charge in [-0.05, 0) is 50.6 Å². The molecule has 0 saturated carbocycles. The minimum atomic E-state index is -0.284. The van der Waals surface area contributed by atoms with Crippen molar-refractivity contribution in [2.75, 3.05) is 13.7 Å². The highest BCUT2D eigenvalue weighted by molar-refractivity contribution is 5.85. The molecule has 0 aliphatic carbocycles. The number of hydrogen-bond donors (Lipinski definition) is 2. The number of halogens is 2. The predicted octanol–water partition coefficient (Wildman–Crippen LogP) is 3.52. The highest BCUT2D eigenvalue weighted by Crippen LogP contribution is 2.28. The smallest absolute Gasteiger partial charge is 0.258 e. The van der Waals surface area contributed by atoms with Gasteiger partial charge in [0.2, 0.25) is 0 Å². The molecule has 0 radical (unpaired) electrons. The number of carbonyl (C=O) groups excluding carboxylic acids is 1. The molecule has 1 heterocycles. The van der Waals surface area contributed by atoms with Gasteiger partial charge in [-0.2, -0.15) is 0 Å². The Labute approximate surface area is 179 Å². The average molecular weight is 430 g/mol. The summed E-state index contributed by atoms with van der Waals surface area (Å²) >= 11 is 0. The van der Waals surface area contributed by atoms with Crippen LogP contribution in [0.2, 0.25) is 0 Å². The number of amides is 1.